The molecule has 2 N–H and O–H groups in total. The highest BCUT2D eigenvalue weighted by molar-refractivity contribution is 6.06. The van der Waals surface area contributed by atoms with Crippen molar-refractivity contribution < 1.29 is 14.0 Å². The second kappa shape index (κ2) is 7.40. The molecule has 0 aliphatic carbocycles. The molecule has 1 aromatic carbocycles. The molecule has 2 amide bonds. The van der Waals surface area contributed by atoms with Crippen molar-refractivity contribution in [3.8, 4) is 0 Å². The van der Waals surface area contributed by atoms with Gasteiger partial charge < -0.3 is 15.1 Å². The standard InChI is InChI=1S/C17H19N3O3/c1-4-15(21)20-13-8-6-5-7-12(13)17(22)18-9-14-16(11(2)3)23-10-19-14/h4-8,10-11H,1,9H2,2-3H3,(H,18,22)(H,20,21). The molecule has 0 spiro atoms. The van der Waals surface area contributed by atoms with Gasteiger partial charge in [0.25, 0.3) is 5.91 Å². The van der Waals surface area contributed by atoms with Crippen LogP contribution in [-0.2, 0) is 11.3 Å². The van der Waals surface area contributed by atoms with Crippen molar-refractivity contribution in [2.75, 3.05) is 5.32 Å². The lowest BCUT2D eigenvalue weighted by Gasteiger charge is -2.10. The topological polar surface area (TPSA) is 84.2 Å². The number of hydrogen-bond acceptors (Lipinski definition) is 4. The fraction of sp³-hybridized carbons (Fsp3) is 0.235. The fourth-order valence-corrected chi connectivity index (χ4v) is 2.11. The van der Waals surface area contributed by atoms with Gasteiger partial charge in [-0.1, -0.05) is 32.6 Å². The van der Waals surface area contributed by atoms with Crippen LogP contribution in [-0.4, -0.2) is 16.8 Å². The van der Waals surface area contributed by atoms with E-state index in [9.17, 15) is 9.59 Å². The van der Waals surface area contributed by atoms with Crippen LogP contribution in [0.4, 0.5) is 5.69 Å². The molecule has 0 aliphatic heterocycles. The number of amides is 2. The summed E-state index contributed by atoms with van der Waals surface area (Å²) in [4.78, 5) is 27.9. The molecule has 1 heterocycles. The number of anilines is 1. The number of aromatic nitrogens is 1. The first-order chi connectivity index (χ1) is 11.0. The number of nitrogens with one attached hydrogen (secondary N) is 2. The van der Waals surface area contributed by atoms with Crippen LogP contribution in [0, 0.1) is 0 Å². The molecule has 0 aliphatic rings. The number of nitrogens with zero attached hydrogens (tertiary/aromatic N) is 1. The number of carbonyl (C=O) groups excluding carboxylic acids is 2. The minimum atomic E-state index is -0.371. The second-order valence-corrected chi connectivity index (χ2v) is 5.24. The minimum Gasteiger partial charge on any atom is -0.448 e. The number of hydrogen-bond donors (Lipinski definition) is 2. The molecule has 2 aromatic rings. The highest BCUT2D eigenvalue weighted by Crippen LogP contribution is 2.19. The van der Waals surface area contributed by atoms with Crippen LogP contribution in [0.15, 0.2) is 47.7 Å². The molecule has 0 saturated carbocycles. The zero-order valence-corrected chi connectivity index (χ0v) is 13.1. The Hall–Kier alpha value is -2.89. The van der Waals surface area contributed by atoms with Crippen molar-refractivity contribution in [1.29, 1.82) is 0 Å². The Morgan fingerprint density at radius 2 is 2.09 bits per heavy atom. The highest BCUT2D eigenvalue weighted by Gasteiger charge is 2.15. The van der Waals surface area contributed by atoms with Gasteiger partial charge in [0.2, 0.25) is 5.91 Å². The average molecular weight is 313 g/mol. The van der Waals surface area contributed by atoms with E-state index in [1.54, 1.807) is 24.3 Å². The summed E-state index contributed by atoms with van der Waals surface area (Å²) in [6.45, 7) is 7.64. The van der Waals surface area contributed by atoms with Crippen LogP contribution in [0.3, 0.4) is 0 Å². The number of rotatable bonds is 6. The first-order valence-corrected chi connectivity index (χ1v) is 7.25. The Morgan fingerprint density at radius 3 is 2.78 bits per heavy atom. The normalized spacial score (nSPS) is 10.4. The summed E-state index contributed by atoms with van der Waals surface area (Å²) in [5.74, 6) is 0.258. The lowest BCUT2D eigenvalue weighted by Crippen LogP contribution is -2.25. The third-order valence-corrected chi connectivity index (χ3v) is 3.23. The SMILES string of the molecule is C=CC(=O)Nc1ccccc1C(=O)NCc1ncoc1C(C)C. The monoisotopic (exact) mass is 313 g/mol. The number of benzene rings is 1. The maximum atomic E-state index is 12.4. The second-order valence-electron chi connectivity index (χ2n) is 5.24. The van der Waals surface area contributed by atoms with E-state index in [0.29, 0.717) is 16.9 Å². The van der Waals surface area contributed by atoms with E-state index < -0.39 is 0 Å². The largest absolute Gasteiger partial charge is 0.448 e. The molecule has 0 unspecified atom stereocenters. The fourth-order valence-electron chi connectivity index (χ4n) is 2.11. The molecular weight excluding hydrogens is 294 g/mol. The first kappa shape index (κ1) is 16.5. The van der Waals surface area contributed by atoms with Crippen LogP contribution in [0.1, 0.15) is 41.6 Å². The van der Waals surface area contributed by atoms with Crippen LogP contribution in [0.5, 0.6) is 0 Å². The summed E-state index contributed by atoms with van der Waals surface area (Å²) in [6, 6.07) is 6.77. The zero-order valence-electron chi connectivity index (χ0n) is 13.1. The average Bonchev–Trinajstić information content (AvgIpc) is 3.01. The van der Waals surface area contributed by atoms with Gasteiger partial charge in [-0.05, 0) is 18.2 Å². The van der Waals surface area contributed by atoms with E-state index in [1.165, 1.54) is 6.39 Å². The number of carbonyl (C=O) groups is 2. The van der Waals surface area contributed by atoms with Gasteiger partial charge in [-0.25, -0.2) is 4.98 Å². The third kappa shape index (κ3) is 4.06. The summed E-state index contributed by atoms with van der Waals surface area (Å²) >= 11 is 0. The van der Waals surface area contributed by atoms with Gasteiger partial charge in [0, 0.05) is 5.92 Å². The lowest BCUT2D eigenvalue weighted by molar-refractivity contribution is -0.111. The van der Waals surface area contributed by atoms with Gasteiger partial charge >= 0.3 is 0 Å². The summed E-state index contributed by atoms with van der Waals surface area (Å²) in [5, 5.41) is 5.40. The van der Waals surface area contributed by atoms with Gasteiger partial charge in [-0.2, -0.15) is 0 Å². The van der Waals surface area contributed by atoms with E-state index in [2.05, 4.69) is 22.2 Å². The summed E-state index contributed by atoms with van der Waals surface area (Å²) in [6.07, 6.45) is 2.52. The minimum absolute atomic E-state index is 0.184. The summed E-state index contributed by atoms with van der Waals surface area (Å²) in [5.41, 5.74) is 1.50. The Balaban J connectivity index is 2.10. The summed E-state index contributed by atoms with van der Waals surface area (Å²) < 4.78 is 5.32. The predicted molar refractivity (Wildman–Crippen MR) is 87.0 cm³/mol. The quantitative estimate of drug-likeness (QED) is 0.803. The van der Waals surface area contributed by atoms with E-state index in [0.717, 1.165) is 11.8 Å². The van der Waals surface area contributed by atoms with Gasteiger partial charge in [0.05, 0.1) is 17.8 Å². The van der Waals surface area contributed by atoms with Crippen LogP contribution >= 0.6 is 0 Å². The first-order valence-electron chi connectivity index (χ1n) is 7.25. The van der Waals surface area contributed by atoms with Crippen molar-refractivity contribution >= 4 is 17.5 Å². The van der Waals surface area contributed by atoms with Crippen molar-refractivity contribution in [1.82, 2.24) is 10.3 Å². The number of oxazole rings is 1. The van der Waals surface area contributed by atoms with Crippen molar-refractivity contribution in [2.45, 2.75) is 26.3 Å². The molecule has 0 radical (unpaired) electrons. The van der Waals surface area contributed by atoms with Crippen LogP contribution in [0.2, 0.25) is 0 Å². The molecular formula is C17H19N3O3. The zero-order chi connectivity index (χ0) is 16.8. The Bertz CT molecular complexity index is 719. The molecule has 2 rings (SSSR count). The molecule has 6 nitrogen and oxygen atoms in total. The van der Waals surface area contributed by atoms with Gasteiger partial charge in [-0.3, -0.25) is 9.59 Å². The smallest absolute Gasteiger partial charge is 0.253 e. The highest BCUT2D eigenvalue weighted by atomic mass is 16.3. The Labute approximate surface area is 134 Å². The predicted octanol–water partition coefficient (Wildman–Crippen LogP) is 2.85. The van der Waals surface area contributed by atoms with Crippen molar-refractivity contribution in [3.05, 3.63) is 60.3 Å². The van der Waals surface area contributed by atoms with Crippen molar-refractivity contribution in [2.24, 2.45) is 0 Å². The van der Waals surface area contributed by atoms with Gasteiger partial charge in [0.1, 0.15) is 11.5 Å². The molecule has 6 heteroatoms. The van der Waals surface area contributed by atoms with Crippen LogP contribution in [0.25, 0.3) is 0 Å². The maximum Gasteiger partial charge on any atom is 0.253 e. The molecule has 0 saturated heterocycles. The molecule has 0 fully saturated rings. The third-order valence-electron chi connectivity index (χ3n) is 3.23. The van der Waals surface area contributed by atoms with E-state index in [1.807, 2.05) is 13.8 Å². The van der Waals surface area contributed by atoms with E-state index in [4.69, 9.17) is 4.42 Å². The summed E-state index contributed by atoms with van der Waals surface area (Å²) in [7, 11) is 0. The van der Waals surface area contributed by atoms with E-state index >= 15 is 0 Å². The molecule has 1 aromatic heterocycles. The molecule has 0 bridgehead atoms. The Morgan fingerprint density at radius 1 is 1.35 bits per heavy atom. The van der Waals surface area contributed by atoms with Crippen LogP contribution < -0.4 is 10.6 Å². The molecule has 23 heavy (non-hydrogen) atoms. The maximum absolute atomic E-state index is 12.4. The Kier molecular flexibility index (Phi) is 5.30. The van der Waals surface area contributed by atoms with E-state index in [-0.39, 0.29) is 24.3 Å². The number of para-hydroxylation sites is 1. The van der Waals surface area contributed by atoms with Gasteiger partial charge in [0.15, 0.2) is 6.39 Å². The molecule has 0 atom stereocenters. The molecule has 120 valence electrons. The van der Waals surface area contributed by atoms with Crippen molar-refractivity contribution in [3.63, 3.8) is 0 Å². The lowest BCUT2D eigenvalue weighted by atomic mass is 10.1. The van der Waals surface area contributed by atoms with Gasteiger partial charge in [-0.15, -0.1) is 0 Å².